The molecule has 4 rings (SSSR count). The number of aliphatic hydroxyl groups is 2. The van der Waals surface area contributed by atoms with Crippen molar-refractivity contribution < 1.29 is 15.0 Å². The van der Waals surface area contributed by atoms with Crippen LogP contribution in [0.3, 0.4) is 0 Å². The molecule has 160 valence electrons. The van der Waals surface area contributed by atoms with E-state index in [1.807, 2.05) is 54.3 Å². The van der Waals surface area contributed by atoms with Gasteiger partial charge in [0.2, 0.25) is 5.91 Å². The molecule has 1 unspecified atom stereocenters. The molecule has 4 nitrogen and oxygen atoms in total. The lowest BCUT2D eigenvalue weighted by Crippen LogP contribution is -2.43. The van der Waals surface area contributed by atoms with Gasteiger partial charge in [-0.1, -0.05) is 41.9 Å². The van der Waals surface area contributed by atoms with Crippen molar-refractivity contribution >= 4 is 17.5 Å². The Bertz CT molecular complexity index is 916. The van der Waals surface area contributed by atoms with E-state index in [9.17, 15) is 15.0 Å². The standard InChI is InChI=1S/C25H30ClNO3/c1-25(30)10-7-22(8-11-25)27-12-9-21(24(27)29)14-20-6-5-19(15-23(20)26)18-4-2-3-17(13-18)16-28/h2-6,13,15,21-22,28,30H,7-12,14,16H2,1H3. The van der Waals surface area contributed by atoms with E-state index in [4.69, 9.17) is 11.6 Å². The summed E-state index contributed by atoms with van der Waals surface area (Å²) in [5.74, 6) is 0.214. The molecule has 0 radical (unpaired) electrons. The zero-order valence-corrected chi connectivity index (χ0v) is 18.2. The number of benzene rings is 2. The molecule has 0 bridgehead atoms. The van der Waals surface area contributed by atoms with Crippen molar-refractivity contribution in [1.82, 2.24) is 4.90 Å². The minimum Gasteiger partial charge on any atom is -0.392 e. The average Bonchev–Trinajstić information content (AvgIpc) is 3.10. The van der Waals surface area contributed by atoms with Crippen LogP contribution in [-0.2, 0) is 17.8 Å². The van der Waals surface area contributed by atoms with E-state index in [1.165, 1.54) is 0 Å². The van der Waals surface area contributed by atoms with Crippen LogP contribution in [0.4, 0.5) is 0 Å². The summed E-state index contributed by atoms with van der Waals surface area (Å²) in [6.07, 6.45) is 4.81. The molecule has 1 amide bonds. The van der Waals surface area contributed by atoms with E-state index in [2.05, 4.69) is 0 Å². The Morgan fingerprint density at radius 3 is 2.53 bits per heavy atom. The Kier molecular flexibility index (Phi) is 6.19. The van der Waals surface area contributed by atoms with Crippen molar-refractivity contribution in [3.8, 4) is 11.1 Å². The zero-order chi connectivity index (χ0) is 21.3. The van der Waals surface area contributed by atoms with Crippen LogP contribution in [0.5, 0.6) is 0 Å². The van der Waals surface area contributed by atoms with E-state index >= 15 is 0 Å². The van der Waals surface area contributed by atoms with Gasteiger partial charge >= 0.3 is 0 Å². The van der Waals surface area contributed by atoms with E-state index in [-0.39, 0.29) is 24.5 Å². The lowest BCUT2D eigenvalue weighted by molar-refractivity contribution is -0.134. The molecule has 30 heavy (non-hydrogen) atoms. The molecular weight excluding hydrogens is 398 g/mol. The van der Waals surface area contributed by atoms with Crippen molar-refractivity contribution in [3.05, 3.63) is 58.6 Å². The lowest BCUT2D eigenvalue weighted by atomic mass is 9.83. The first-order valence-electron chi connectivity index (χ1n) is 10.9. The van der Waals surface area contributed by atoms with Crippen LogP contribution in [0, 0.1) is 5.92 Å². The largest absolute Gasteiger partial charge is 0.392 e. The molecule has 2 aliphatic rings. The third-order valence-electron chi connectivity index (χ3n) is 6.79. The quantitative estimate of drug-likeness (QED) is 0.733. The second-order valence-corrected chi connectivity index (χ2v) is 9.52. The summed E-state index contributed by atoms with van der Waals surface area (Å²) >= 11 is 6.59. The fraction of sp³-hybridized carbons (Fsp3) is 0.480. The summed E-state index contributed by atoms with van der Waals surface area (Å²) in [6, 6.07) is 14.1. The first-order chi connectivity index (χ1) is 14.4. The molecule has 2 aromatic rings. The number of carbonyl (C=O) groups is 1. The minimum atomic E-state index is -0.579. The maximum atomic E-state index is 13.0. The molecule has 1 aliphatic heterocycles. The Balaban J connectivity index is 1.43. The van der Waals surface area contributed by atoms with E-state index in [0.29, 0.717) is 11.4 Å². The van der Waals surface area contributed by atoms with Gasteiger partial charge in [-0.25, -0.2) is 0 Å². The van der Waals surface area contributed by atoms with Gasteiger partial charge in [-0.3, -0.25) is 4.79 Å². The van der Waals surface area contributed by atoms with Gasteiger partial charge in [-0.05, 0) is 79.8 Å². The van der Waals surface area contributed by atoms with Gasteiger partial charge in [0.25, 0.3) is 0 Å². The molecule has 1 saturated heterocycles. The van der Waals surface area contributed by atoms with Gasteiger partial charge in [-0.2, -0.15) is 0 Å². The van der Waals surface area contributed by atoms with E-state index < -0.39 is 5.60 Å². The number of hydrogen-bond donors (Lipinski definition) is 2. The number of amides is 1. The topological polar surface area (TPSA) is 60.8 Å². The monoisotopic (exact) mass is 427 g/mol. The fourth-order valence-corrected chi connectivity index (χ4v) is 5.12. The van der Waals surface area contributed by atoms with Crippen LogP contribution in [0.25, 0.3) is 11.1 Å². The van der Waals surface area contributed by atoms with Crippen LogP contribution in [-0.4, -0.2) is 39.2 Å². The highest BCUT2D eigenvalue weighted by Gasteiger charge is 2.39. The number of likely N-dealkylation sites (tertiary alicyclic amines) is 1. The highest BCUT2D eigenvalue weighted by atomic mass is 35.5. The minimum absolute atomic E-state index is 0.0124. The molecule has 1 heterocycles. The van der Waals surface area contributed by atoms with E-state index in [1.54, 1.807) is 0 Å². The van der Waals surface area contributed by atoms with Crippen LogP contribution < -0.4 is 0 Å². The first kappa shape index (κ1) is 21.4. The predicted molar refractivity (Wildman–Crippen MR) is 119 cm³/mol. The van der Waals surface area contributed by atoms with Crippen molar-refractivity contribution in [3.63, 3.8) is 0 Å². The molecule has 5 heteroatoms. The lowest BCUT2D eigenvalue weighted by Gasteiger charge is -2.37. The zero-order valence-electron chi connectivity index (χ0n) is 17.5. The van der Waals surface area contributed by atoms with Gasteiger partial charge in [0, 0.05) is 23.5 Å². The summed E-state index contributed by atoms with van der Waals surface area (Å²) in [5, 5.41) is 20.2. The second kappa shape index (κ2) is 8.70. The summed E-state index contributed by atoms with van der Waals surface area (Å²) in [7, 11) is 0. The number of aliphatic hydroxyl groups excluding tert-OH is 1. The molecule has 2 fully saturated rings. The van der Waals surface area contributed by atoms with E-state index in [0.717, 1.165) is 60.9 Å². The van der Waals surface area contributed by atoms with Gasteiger partial charge in [0.05, 0.1) is 12.2 Å². The van der Waals surface area contributed by atoms with Crippen molar-refractivity contribution in [2.24, 2.45) is 5.92 Å². The number of rotatable bonds is 5. The fourth-order valence-electron chi connectivity index (χ4n) is 4.86. The maximum absolute atomic E-state index is 13.0. The molecule has 2 N–H and O–H groups in total. The van der Waals surface area contributed by atoms with Gasteiger partial charge < -0.3 is 15.1 Å². The number of halogens is 1. The molecular formula is C25H30ClNO3. The summed E-state index contributed by atoms with van der Waals surface area (Å²) in [4.78, 5) is 15.1. The molecule has 1 aliphatic carbocycles. The number of nitrogens with zero attached hydrogens (tertiary/aromatic N) is 1. The highest BCUT2D eigenvalue weighted by Crippen LogP contribution is 2.35. The van der Waals surface area contributed by atoms with Gasteiger partial charge in [0.1, 0.15) is 0 Å². The molecule has 0 spiro atoms. The third-order valence-corrected chi connectivity index (χ3v) is 7.14. The summed E-state index contributed by atoms with van der Waals surface area (Å²) in [6.45, 7) is 2.71. The Hall–Kier alpha value is -1.88. The highest BCUT2D eigenvalue weighted by molar-refractivity contribution is 6.31. The second-order valence-electron chi connectivity index (χ2n) is 9.11. The van der Waals surface area contributed by atoms with Crippen LogP contribution in [0.2, 0.25) is 5.02 Å². The van der Waals surface area contributed by atoms with Gasteiger partial charge in [0.15, 0.2) is 0 Å². The van der Waals surface area contributed by atoms with Gasteiger partial charge in [-0.15, -0.1) is 0 Å². The van der Waals surface area contributed by atoms with Crippen LogP contribution >= 0.6 is 11.6 Å². The Labute approximate surface area is 183 Å². The number of carbonyl (C=O) groups excluding carboxylic acids is 1. The summed E-state index contributed by atoms with van der Waals surface area (Å²) in [5.41, 5.74) is 3.32. The van der Waals surface area contributed by atoms with Crippen molar-refractivity contribution in [2.45, 2.75) is 63.7 Å². The van der Waals surface area contributed by atoms with Crippen molar-refractivity contribution in [1.29, 1.82) is 0 Å². The van der Waals surface area contributed by atoms with Crippen LogP contribution in [0.1, 0.15) is 50.2 Å². The molecule has 0 aromatic heterocycles. The SMILES string of the molecule is CC1(O)CCC(N2CCC(Cc3ccc(-c4cccc(CO)c4)cc3Cl)C2=O)CC1. The molecule has 1 saturated carbocycles. The first-order valence-corrected chi connectivity index (χ1v) is 11.3. The van der Waals surface area contributed by atoms with Crippen molar-refractivity contribution in [2.75, 3.05) is 6.54 Å². The number of hydrogen-bond acceptors (Lipinski definition) is 3. The normalized spacial score (nSPS) is 26.9. The third kappa shape index (κ3) is 4.56. The summed E-state index contributed by atoms with van der Waals surface area (Å²) < 4.78 is 0. The molecule has 2 aromatic carbocycles. The Morgan fingerprint density at radius 1 is 1.10 bits per heavy atom. The molecule has 1 atom stereocenters. The Morgan fingerprint density at radius 2 is 1.83 bits per heavy atom. The van der Waals surface area contributed by atoms with Crippen LogP contribution in [0.15, 0.2) is 42.5 Å². The maximum Gasteiger partial charge on any atom is 0.226 e. The smallest absolute Gasteiger partial charge is 0.226 e. The predicted octanol–water partition coefficient (Wildman–Crippen LogP) is 4.58. The average molecular weight is 428 g/mol.